The Bertz CT molecular complexity index is 427. The zero-order valence-electron chi connectivity index (χ0n) is 12.0. The molecule has 0 radical (unpaired) electrons. The number of amides is 1. The van der Waals surface area contributed by atoms with Crippen LogP contribution in [0.15, 0.2) is 28.7 Å². The Balaban J connectivity index is 1.75. The van der Waals surface area contributed by atoms with E-state index in [1.807, 2.05) is 36.2 Å². The third-order valence-electron chi connectivity index (χ3n) is 3.75. The molecule has 0 N–H and O–H groups in total. The van der Waals surface area contributed by atoms with Crippen molar-refractivity contribution >= 4 is 21.8 Å². The highest BCUT2D eigenvalue weighted by molar-refractivity contribution is 9.10. The lowest BCUT2D eigenvalue weighted by Crippen LogP contribution is -2.32. The standard InChI is InChI=1S/C16H22BrNO2/c1-18(10-9-15-4-2-3-11-20-15)16(19)12-13-5-7-14(17)8-6-13/h5-8,15H,2-4,9-12H2,1H3. The van der Waals surface area contributed by atoms with E-state index in [4.69, 9.17) is 4.74 Å². The van der Waals surface area contributed by atoms with Crippen molar-refractivity contribution in [3.05, 3.63) is 34.3 Å². The number of carbonyl (C=O) groups excluding carboxylic acids is 1. The molecule has 0 aromatic heterocycles. The van der Waals surface area contributed by atoms with Gasteiger partial charge in [0.15, 0.2) is 0 Å². The van der Waals surface area contributed by atoms with Crippen molar-refractivity contribution in [2.45, 2.75) is 38.2 Å². The molecule has 1 unspecified atom stereocenters. The van der Waals surface area contributed by atoms with Crippen molar-refractivity contribution in [3.63, 3.8) is 0 Å². The Labute approximate surface area is 129 Å². The first-order chi connectivity index (χ1) is 9.65. The Hall–Kier alpha value is -0.870. The van der Waals surface area contributed by atoms with Gasteiger partial charge in [0, 0.05) is 24.7 Å². The van der Waals surface area contributed by atoms with Gasteiger partial charge in [-0.15, -0.1) is 0 Å². The van der Waals surface area contributed by atoms with Gasteiger partial charge in [0.2, 0.25) is 5.91 Å². The zero-order chi connectivity index (χ0) is 14.4. The van der Waals surface area contributed by atoms with E-state index in [9.17, 15) is 4.79 Å². The molecule has 2 rings (SSSR count). The smallest absolute Gasteiger partial charge is 0.226 e. The zero-order valence-corrected chi connectivity index (χ0v) is 13.6. The number of ether oxygens (including phenoxy) is 1. The average Bonchev–Trinajstić information content (AvgIpc) is 2.48. The molecule has 1 heterocycles. The first-order valence-corrected chi connectivity index (χ1v) is 8.04. The molecule has 0 spiro atoms. The fourth-order valence-electron chi connectivity index (χ4n) is 2.41. The molecule has 1 aromatic rings. The van der Waals surface area contributed by atoms with Crippen LogP contribution in [0.5, 0.6) is 0 Å². The van der Waals surface area contributed by atoms with Crippen LogP contribution in [0.2, 0.25) is 0 Å². The summed E-state index contributed by atoms with van der Waals surface area (Å²) in [7, 11) is 1.88. The first-order valence-electron chi connectivity index (χ1n) is 7.25. The maximum Gasteiger partial charge on any atom is 0.226 e. The topological polar surface area (TPSA) is 29.5 Å². The molecule has 1 amide bonds. The van der Waals surface area contributed by atoms with Gasteiger partial charge in [-0.3, -0.25) is 4.79 Å². The second kappa shape index (κ2) is 7.79. The van der Waals surface area contributed by atoms with Gasteiger partial charge >= 0.3 is 0 Å². The monoisotopic (exact) mass is 339 g/mol. The van der Waals surface area contributed by atoms with Crippen LogP contribution in [0.3, 0.4) is 0 Å². The molecule has 4 heteroatoms. The SMILES string of the molecule is CN(CCC1CCCCO1)C(=O)Cc1ccc(Br)cc1. The Morgan fingerprint density at radius 3 is 2.75 bits per heavy atom. The summed E-state index contributed by atoms with van der Waals surface area (Å²) in [6.07, 6.45) is 5.31. The summed E-state index contributed by atoms with van der Waals surface area (Å²) >= 11 is 3.40. The predicted octanol–water partition coefficient (Wildman–Crippen LogP) is 3.41. The second-order valence-electron chi connectivity index (χ2n) is 5.40. The van der Waals surface area contributed by atoms with Crippen LogP contribution in [0.25, 0.3) is 0 Å². The number of hydrogen-bond donors (Lipinski definition) is 0. The fraction of sp³-hybridized carbons (Fsp3) is 0.562. The largest absolute Gasteiger partial charge is 0.378 e. The molecule has 0 bridgehead atoms. The summed E-state index contributed by atoms with van der Waals surface area (Å²) in [4.78, 5) is 14.0. The van der Waals surface area contributed by atoms with Gasteiger partial charge in [-0.25, -0.2) is 0 Å². The third-order valence-corrected chi connectivity index (χ3v) is 4.28. The van der Waals surface area contributed by atoms with Gasteiger partial charge in [-0.2, -0.15) is 0 Å². The lowest BCUT2D eigenvalue weighted by Gasteiger charge is -2.25. The number of carbonyl (C=O) groups is 1. The number of benzene rings is 1. The summed E-state index contributed by atoms with van der Waals surface area (Å²) in [5.74, 6) is 0.170. The van der Waals surface area contributed by atoms with Crippen LogP contribution in [0.4, 0.5) is 0 Å². The van der Waals surface area contributed by atoms with E-state index in [0.717, 1.165) is 36.0 Å². The minimum absolute atomic E-state index is 0.170. The van der Waals surface area contributed by atoms with E-state index in [1.165, 1.54) is 12.8 Å². The van der Waals surface area contributed by atoms with Crippen molar-refractivity contribution in [3.8, 4) is 0 Å². The molecule has 1 atom stereocenters. The van der Waals surface area contributed by atoms with E-state index >= 15 is 0 Å². The molecular formula is C16H22BrNO2. The molecule has 0 saturated carbocycles. The van der Waals surface area contributed by atoms with Crippen LogP contribution in [-0.2, 0) is 16.0 Å². The van der Waals surface area contributed by atoms with E-state index in [2.05, 4.69) is 15.9 Å². The van der Waals surface area contributed by atoms with Gasteiger partial charge in [0.05, 0.1) is 12.5 Å². The summed E-state index contributed by atoms with van der Waals surface area (Å²) in [5.41, 5.74) is 1.05. The lowest BCUT2D eigenvalue weighted by atomic mass is 10.1. The molecule has 20 heavy (non-hydrogen) atoms. The normalized spacial score (nSPS) is 18.8. The number of nitrogens with zero attached hydrogens (tertiary/aromatic N) is 1. The average molecular weight is 340 g/mol. The second-order valence-corrected chi connectivity index (χ2v) is 6.31. The molecule has 1 saturated heterocycles. The van der Waals surface area contributed by atoms with Crippen LogP contribution < -0.4 is 0 Å². The van der Waals surface area contributed by atoms with Gasteiger partial charge in [0.25, 0.3) is 0 Å². The molecule has 1 fully saturated rings. The van der Waals surface area contributed by atoms with Crippen LogP contribution in [-0.4, -0.2) is 37.1 Å². The lowest BCUT2D eigenvalue weighted by molar-refractivity contribution is -0.129. The number of hydrogen-bond acceptors (Lipinski definition) is 2. The summed E-state index contributed by atoms with van der Waals surface area (Å²) in [6.45, 7) is 1.65. The van der Waals surface area contributed by atoms with Gasteiger partial charge in [-0.05, 0) is 43.4 Å². The molecule has 1 aromatic carbocycles. The van der Waals surface area contributed by atoms with Crippen molar-refractivity contribution in [2.75, 3.05) is 20.2 Å². The highest BCUT2D eigenvalue weighted by Gasteiger charge is 2.16. The number of likely N-dealkylation sites (N-methyl/N-ethyl adjacent to an activating group) is 1. The Morgan fingerprint density at radius 2 is 2.10 bits per heavy atom. The maximum atomic E-state index is 12.1. The molecule has 0 aliphatic carbocycles. The molecular weight excluding hydrogens is 318 g/mol. The molecule has 3 nitrogen and oxygen atoms in total. The predicted molar refractivity (Wildman–Crippen MR) is 83.7 cm³/mol. The summed E-state index contributed by atoms with van der Waals surface area (Å²) < 4.78 is 6.73. The Morgan fingerprint density at radius 1 is 1.35 bits per heavy atom. The van der Waals surface area contributed by atoms with Crippen LogP contribution >= 0.6 is 15.9 Å². The number of halogens is 1. The minimum atomic E-state index is 0.170. The van der Waals surface area contributed by atoms with E-state index in [-0.39, 0.29) is 5.91 Å². The van der Waals surface area contributed by atoms with Crippen molar-refractivity contribution in [1.82, 2.24) is 4.90 Å². The third kappa shape index (κ3) is 4.91. The van der Waals surface area contributed by atoms with Gasteiger partial charge < -0.3 is 9.64 Å². The summed E-state index contributed by atoms with van der Waals surface area (Å²) in [6, 6.07) is 7.91. The first kappa shape index (κ1) is 15.5. The van der Waals surface area contributed by atoms with Crippen LogP contribution in [0, 0.1) is 0 Å². The molecule has 110 valence electrons. The fourth-order valence-corrected chi connectivity index (χ4v) is 2.67. The van der Waals surface area contributed by atoms with E-state index in [0.29, 0.717) is 12.5 Å². The van der Waals surface area contributed by atoms with E-state index in [1.54, 1.807) is 0 Å². The van der Waals surface area contributed by atoms with Gasteiger partial charge in [-0.1, -0.05) is 28.1 Å². The molecule has 1 aliphatic heterocycles. The van der Waals surface area contributed by atoms with Crippen LogP contribution in [0.1, 0.15) is 31.2 Å². The van der Waals surface area contributed by atoms with Gasteiger partial charge in [0.1, 0.15) is 0 Å². The molecule has 1 aliphatic rings. The number of rotatable bonds is 5. The van der Waals surface area contributed by atoms with E-state index < -0.39 is 0 Å². The quantitative estimate of drug-likeness (QED) is 0.822. The maximum absolute atomic E-state index is 12.1. The summed E-state index contributed by atoms with van der Waals surface area (Å²) in [5, 5.41) is 0. The van der Waals surface area contributed by atoms with Crippen molar-refractivity contribution in [1.29, 1.82) is 0 Å². The highest BCUT2D eigenvalue weighted by atomic mass is 79.9. The Kier molecular flexibility index (Phi) is 6.05. The highest BCUT2D eigenvalue weighted by Crippen LogP contribution is 2.16. The van der Waals surface area contributed by atoms with Crippen molar-refractivity contribution < 1.29 is 9.53 Å². The minimum Gasteiger partial charge on any atom is -0.378 e. The van der Waals surface area contributed by atoms with Crippen molar-refractivity contribution in [2.24, 2.45) is 0 Å².